The second kappa shape index (κ2) is 8.39. The quantitative estimate of drug-likeness (QED) is 0.371. The van der Waals surface area contributed by atoms with Crippen LogP contribution in [0.1, 0.15) is 11.1 Å². The lowest BCUT2D eigenvalue weighted by Crippen LogP contribution is -2.28. The number of ether oxygens (including phenoxy) is 1. The molecule has 5 aromatic rings. The predicted molar refractivity (Wildman–Crippen MR) is 129 cm³/mol. The Balaban J connectivity index is 1.77. The molecule has 0 atom stereocenters. The Morgan fingerprint density at radius 1 is 0.970 bits per heavy atom. The van der Waals surface area contributed by atoms with Crippen LogP contribution in [-0.2, 0) is 13.0 Å². The first kappa shape index (κ1) is 20.7. The summed E-state index contributed by atoms with van der Waals surface area (Å²) in [6.07, 6.45) is 0.628. The van der Waals surface area contributed by atoms with Crippen LogP contribution in [-0.4, -0.2) is 16.7 Å². The minimum atomic E-state index is -0.405. The summed E-state index contributed by atoms with van der Waals surface area (Å²) in [5.74, 6) is 1.02. The zero-order valence-electron chi connectivity index (χ0n) is 18.4. The van der Waals surface area contributed by atoms with Crippen LogP contribution >= 0.6 is 0 Å². The summed E-state index contributed by atoms with van der Waals surface area (Å²) in [6, 6.07) is 22.6. The van der Waals surface area contributed by atoms with E-state index >= 15 is 0 Å². The third kappa shape index (κ3) is 3.80. The molecule has 0 fully saturated rings. The van der Waals surface area contributed by atoms with E-state index in [1.807, 2.05) is 61.5 Å². The van der Waals surface area contributed by atoms with Gasteiger partial charge in [-0.15, -0.1) is 0 Å². The van der Waals surface area contributed by atoms with Gasteiger partial charge in [0.05, 0.1) is 12.5 Å². The largest absolute Gasteiger partial charge is 0.497 e. The maximum atomic E-state index is 13.6. The van der Waals surface area contributed by atoms with E-state index in [1.165, 1.54) is 0 Å². The highest BCUT2D eigenvalue weighted by molar-refractivity contribution is 5.89. The van der Waals surface area contributed by atoms with E-state index in [-0.39, 0.29) is 11.1 Å². The number of benzene rings is 3. The van der Waals surface area contributed by atoms with Gasteiger partial charge in [-0.05, 0) is 31.0 Å². The van der Waals surface area contributed by atoms with Crippen molar-refractivity contribution >= 4 is 22.1 Å². The van der Waals surface area contributed by atoms with Crippen LogP contribution in [0, 0.1) is 6.92 Å². The average molecular weight is 438 g/mol. The number of methoxy groups -OCH3 is 1. The van der Waals surface area contributed by atoms with Crippen LogP contribution in [0.4, 0.5) is 0 Å². The number of aromatic nitrogens is 2. The van der Waals surface area contributed by atoms with Crippen molar-refractivity contribution in [3.05, 3.63) is 105 Å². The molecular weight excluding hydrogens is 416 g/mol. The Morgan fingerprint density at radius 2 is 1.73 bits per heavy atom. The molecule has 2 aromatic heterocycles. The molecule has 0 aliphatic rings. The van der Waals surface area contributed by atoms with Crippen molar-refractivity contribution in [2.75, 3.05) is 7.11 Å². The van der Waals surface area contributed by atoms with E-state index in [9.17, 15) is 9.59 Å². The lowest BCUT2D eigenvalue weighted by atomic mass is 10.1. The molecule has 0 unspecified atom stereocenters. The highest BCUT2D eigenvalue weighted by Crippen LogP contribution is 2.24. The van der Waals surface area contributed by atoms with E-state index < -0.39 is 11.0 Å². The van der Waals surface area contributed by atoms with Crippen molar-refractivity contribution in [2.45, 2.75) is 19.9 Å². The number of hydrogen-bond donors (Lipinski definition) is 0. The first-order chi connectivity index (χ1) is 16.0. The molecule has 0 bridgehead atoms. The van der Waals surface area contributed by atoms with Crippen LogP contribution < -0.4 is 15.7 Å². The molecule has 0 N–H and O–H groups in total. The first-order valence-electron chi connectivity index (χ1n) is 10.7. The third-order valence-corrected chi connectivity index (χ3v) is 5.78. The van der Waals surface area contributed by atoms with Gasteiger partial charge in [0.25, 0.3) is 5.56 Å². The van der Waals surface area contributed by atoms with Gasteiger partial charge in [0.1, 0.15) is 17.2 Å². The van der Waals surface area contributed by atoms with Crippen molar-refractivity contribution in [1.82, 2.24) is 9.55 Å². The molecule has 6 nitrogen and oxygen atoms in total. The molecule has 0 amide bonds. The molecule has 3 aromatic carbocycles. The summed E-state index contributed by atoms with van der Waals surface area (Å²) in [7, 11) is 1.54. The summed E-state index contributed by atoms with van der Waals surface area (Å²) in [5, 5.41) is 0.275. The molecule has 0 saturated carbocycles. The molecule has 0 spiro atoms. The third-order valence-electron chi connectivity index (χ3n) is 5.78. The molecule has 0 aliphatic heterocycles. The molecule has 0 saturated heterocycles. The monoisotopic (exact) mass is 438 g/mol. The molecule has 0 aliphatic carbocycles. The van der Waals surface area contributed by atoms with Gasteiger partial charge in [0.15, 0.2) is 5.39 Å². The van der Waals surface area contributed by atoms with Crippen LogP contribution in [0.3, 0.4) is 0 Å². The van der Waals surface area contributed by atoms with Crippen LogP contribution in [0.2, 0.25) is 0 Å². The van der Waals surface area contributed by atoms with Crippen LogP contribution in [0.15, 0.2) is 86.8 Å². The van der Waals surface area contributed by atoms with Crippen molar-refractivity contribution < 1.29 is 9.15 Å². The fraction of sp³-hybridized carbons (Fsp3) is 0.148. The SMILES string of the molecule is COc1ccc2c(=O)c3c(=O)n(CCc4ccccc4)c(-c4ccc(C)cc4)nc3oc2c1. The van der Waals surface area contributed by atoms with E-state index in [2.05, 4.69) is 4.98 Å². The van der Waals surface area contributed by atoms with Crippen molar-refractivity contribution in [2.24, 2.45) is 0 Å². The summed E-state index contributed by atoms with van der Waals surface area (Å²) in [4.78, 5) is 31.6. The fourth-order valence-electron chi connectivity index (χ4n) is 3.96. The minimum Gasteiger partial charge on any atom is -0.497 e. The Morgan fingerprint density at radius 3 is 2.45 bits per heavy atom. The lowest BCUT2D eigenvalue weighted by molar-refractivity contribution is 0.414. The molecule has 5 rings (SSSR count). The molecule has 164 valence electrons. The number of aryl methyl sites for hydroxylation is 2. The smallest absolute Gasteiger partial charge is 0.269 e. The lowest BCUT2D eigenvalue weighted by Gasteiger charge is -2.14. The summed E-state index contributed by atoms with van der Waals surface area (Å²) >= 11 is 0. The number of nitrogens with zero attached hydrogens (tertiary/aromatic N) is 2. The van der Waals surface area contributed by atoms with Gasteiger partial charge in [-0.3, -0.25) is 14.2 Å². The number of hydrogen-bond acceptors (Lipinski definition) is 5. The average Bonchev–Trinajstić information content (AvgIpc) is 2.84. The van der Waals surface area contributed by atoms with Crippen LogP contribution in [0.25, 0.3) is 33.5 Å². The van der Waals surface area contributed by atoms with Gasteiger partial charge in [-0.25, -0.2) is 0 Å². The Hall–Kier alpha value is -4.19. The Kier molecular flexibility index (Phi) is 5.26. The van der Waals surface area contributed by atoms with E-state index in [0.29, 0.717) is 35.5 Å². The maximum Gasteiger partial charge on any atom is 0.269 e. The highest BCUT2D eigenvalue weighted by Gasteiger charge is 2.19. The zero-order chi connectivity index (χ0) is 22.9. The molecule has 2 heterocycles. The van der Waals surface area contributed by atoms with Crippen molar-refractivity contribution in [3.8, 4) is 17.1 Å². The van der Waals surface area contributed by atoms with Gasteiger partial charge in [-0.2, -0.15) is 4.98 Å². The predicted octanol–water partition coefficient (Wildman–Crippen LogP) is 4.73. The van der Waals surface area contributed by atoms with Gasteiger partial charge >= 0.3 is 0 Å². The standard InChI is InChI=1S/C27H22N2O4/c1-17-8-10-19(11-9-17)25-28-26-23(24(30)21-13-12-20(32-2)16-22(21)33-26)27(31)29(25)15-14-18-6-4-3-5-7-18/h3-13,16H,14-15H2,1-2H3. The molecule has 0 radical (unpaired) electrons. The van der Waals surface area contributed by atoms with Crippen LogP contribution in [0.5, 0.6) is 5.75 Å². The van der Waals surface area contributed by atoms with Gasteiger partial charge < -0.3 is 9.15 Å². The van der Waals surface area contributed by atoms with Crippen molar-refractivity contribution in [1.29, 1.82) is 0 Å². The Labute approximate surface area is 189 Å². The first-order valence-corrected chi connectivity index (χ1v) is 10.7. The Bertz CT molecular complexity index is 1580. The number of rotatable bonds is 5. The van der Waals surface area contributed by atoms with Crippen molar-refractivity contribution in [3.63, 3.8) is 0 Å². The normalized spacial score (nSPS) is 11.2. The topological polar surface area (TPSA) is 74.3 Å². The summed E-state index contributed by atoms with van der Waals surface area (Å²) in [6.45, 7) is 2.38. The summed E-state index contributed by atoms with van der Waals surface area (Å²) in [5.41, 5.74) is 2.53. The van der Waals surface area contributed by atoms with E-state index in [1.54, 1.807) is 29.9 Å². The fourth-order valence-corrected chi connectivity index (χ4v) is 3.96. The van der Waals surface area contributed by atoms with Gasteiger partial charge in [0.2, 0.25) is 11.1 Å². The minimum absolute atomic E-state index is 0.0253. The highest BCUT2D eigenvalue weighted by atomic mass is 16.5. The maximum absolute atomic E-state index is 13.6. The van der Waals surface area contributed by atoms with E-state index in [0.717, 1.165) is 16.7 Å². The molecular formula is C27H22N2O4. The van der Waals surface area contributed by atoms with Gasteiger partial charge in [-0.1, -0.05) is 60.2 Å². The molecule has 33 heavy (non-hydrogen) atoms. The second-order valence-electron chi connectivity index (χ2n) is 7.97. The zero-order valence-corrected chi connectivity index (χ0v) is 18.4. The summed E-state index contributed by atoms with van der Waals surface area (Å²) < 4.78 is 12.8. The van der Waals surface area contributed by atoms with E-state index in [4.69, 9.17) is 9.15 Å². The molecule has 6 heteroatoms. The number of fused-ring (bicyclic) bond motifs is 2. The van der Waals surface area contributed by atoms with Gasteiger partial charge in [0, 0.05) is 18.2 Å². The second-order valence-corrected chi connectivity index (χ2v) is 7.97.